The van der Waals surface area contributed by atoms with Crippen molar-refractivity contribution in [3.05, 3.63) is 27.5 Å². The lowest BCUT2D eigenvalue weighted by Gasteiger charge is -2.34. The van der Waals surface area contributed by atoms with Gasteiger partial charge in [-0.15, -0.1) is 0 Å². The molecule has 0 bridgehead atoms. The molecule has 2 rings (SSSR count). The first kappa shape index (κ1) is 18.3. The Kier molecular flexibility index (Phi) is 5.48. The minimum absolute atomic E-state index is 0.0997. The Labute approximate surface area is 145 Å². The zero-order chi connectivity index (χ0) is 17.9. The van der Waals surface area contributed by atoms with E-state index < -0.39 is 16.6 Å². The van der Waals surface area contributed by atoms with E-state index in [0.29, 0.717) is 18.8 Å². The molecule has 1 aliphatic heterocycles. The Morgan fingerprint density at radius 2 is 2.25 bits per heavy atom. The van der Waals surface area contributed by atoms with E-state index in [9.17, 15) is 14.9 Å². The van der Waals surface area contributed by atoms with Gasteiger partial charge in [-0.3, -0.25) is 10.1 Å². The summed E-state index contributed by atoms with van der Waals surface area (Å²) < 4.78 is 5.25. The Morgan fingerprint density at radius 3 is 2.88 bits per heavy atom. The van der Waals surface area contributed by atoms with Crippen LogP contribution in [0.15, 0.2) is 12.3 Å². The van der Waals surface area contributed by atoms with E-state index in [2.05, 4.69) is 10.3 Å². The van der Waals surface area contributed by atoms with Gasteiger partial charge in [0.15, 0.2) is 0 Å². The second-order valence-electron chi connectivity index (χ2n) is 6.68. The number of nitrogens with one attached hydrogen (secondary N) is 1. The number of hydrogen-bond donors (Lipinski definition) is 1. The summed E-state index contributed by atoms with van der Waals surface area (Å²) in [7, 11) is 0. The second-order valence-corrected chi connectivity index (χ2v) is 7.07. The molecule has 9 heteroatoms. The maximum Gasteiger partial charge on any atom is 0.407 e. The van der Waals surface area contributed by atoms with E-state index >= 15 is 0 Å². The van der Waals surface area contributed by atoms with Crippen molar-refractivity contribution in [3.8, 4) is 0 Å². The quantitative estimate of drug-likeness (QED) is 0.507. The number of carbonyl (C=O) groups excluding carboxylic acids is 1. The van der Waals surface area contributed by atoms with E-state index in [4.69, 9.17) is 16.3 Å². The number of aromatic nitrogens is 1. The van der Waals surface area contributed by atoms with Crippen molar-refractivity contribution in [2.75, 3.05) is 18.0 Å². The van der Waals surface area contributed by atoms with Crippen LogP contribution in [-0.2, 0) is 4.74 Å². The largest absolute Gasteiger partial charge is 0.444 e. The molecule has 0 radical (unpaired) electrons. The van der Waals surface area contributed by atoms with Gasteiger partial charge in [-0.25, -0.2) is 9.78 Å². The summed E-state index contributed by atoms with van der Waals surface area (Å²) in [4.78, 5) is 28.2. The molecular weight excluding hydrogens is 336 g/mol. The summed E-state index contributed by atoms with van der Waals surface area (Å²) in [5.41, 5.74) is -0.261. The second kappa shape index (κ2) is 7.21. The van der Waals surface area contributed by atoms with Gasteiger partial charge in [0.2, 0.25) is 0 Å². The fourth-order valence-corrected chi connectivity index (χ4v) is 2.75. The van der Waals surface area contributed by atoms with E-state index in [1.807, 2.05) is 4.90 Å². The molecule has 2 heterocycles. The lowest BCUT2D eigenvalue weighted by molar-refractivity contribution is -0.384. The molecule has 1 aromatic rings. The van der Waals surface area contributed by atoms with Crippen molar-refractivity contribution in [3.63, 3.8) is 0 Å². The summed E-state index contributed by atoms with van der Waals surface area (Å²) in [6, 6.07) is 1.33. The molecule has 1 saturated heterocycles. The predicted molar refractivity (Wildman–Crippen MR) is 90.5 cm³/mol. The normalized spacial score (nSPS) is 18.2. The highest BCUT2D eigenvalue weighted by Crippen LogP contribution is 2.31. The molecule has 0 saturated carbocycles. The third kappa shape index (κ3) is 4.95. The van der Waals surface area contributed by atoms with Crippen molar-refractivity contribution in [1.29, 1.82) is 0 Å². The molecule has 1 N–H and O–H groups in total. The number of alkyl carbamates (subject to hydrolysis) is 1. The SMILES string of the molecule is CC(C)(C)OC(=O)NC1CCCN(c2cc(Cl)ncc2[N+](=O)[O-])C1. The first-order valence-corrected chi connectivity index (χ1v) is 8.08. The van der Waals surface area contributed by atoms with Gasteiger partial charge in [0.25, 0.3) is 0 Å². The fourth-order valence-electron chi connectivity index (χ4n) is 2.59. The topological polar surface area (TPSA) is 97.6 Å². The van der Waals surface area contributed by atoms with Gasteiger partial charge in [-0.1, -0.05) is 11.6 Å². The van der Waals surface area contributed by atoms with Gasteiger partial charge in [-0.2, -0.15) is 0 Å². The Morgan fingerprint density at radius 1 is 1.54 bits per heavy atom. The lowest BCUT2D eigenvalue weighted by Crippen LogP contribution is -2.49. The lowest BCUT2D eigenvalue weighted by atomic mass is 10.0. The predicted octanol–water partition coefficient (Wildman–Crippen LogP) is 3.14. The summed E-state index contributed by atoms with van der Waals surface area (Å²) in [5, 5.41) is 14.2. The van der Waals surface area contributed by atoms with Crippen LogP contribution in [0.3, 0.4) is 0 Å². The summed E-state index contributed by atoms with van der Waals surface area (Å²) in [6.07, 6.45) is 2.24. The minimum atomic E-state index is -0.574. The molecule has 1 amide bonds. The number of amides is 1. The van der Waals surface area contributed by atoms with Gasteiger partial charge in [-0.05, 0) is 33.6 Å². The Bertz CT molecular complexity index is 632. The molecule has 0 aliphatic carbocycles. The van der Waals surface area contributed by atoms with Crippen LogP contribution in [0.5, 0.6) is 0 Å². The van der Waals surface area contributed by atoms with Crippen LogP contribution in [0.4, 0.5) is 16.2 Å². The highest BCUT2D eigenvalue weighted by molar-refractivity contribution is 6.29. The highest BCUT2D eigenvalue weighted by atomic mass is 35.5. The highest BCUT2D eigenvalue weighted by Gasteiger charge is 2.28. The fraction of sp³-hybridized carbons (Fsp3) is 0.600. The standard InChI is InChI=1S/C15H21ClN4O4/c1-15(2,3)24-14(21)18-10-5-4-6-19(9-10)11-7-13(16)17-8-12(11)20(22)23/h7-8,10H,4-6,9H2,1-3H3,(H,18,21). The van der Waals surface area contributed by atoms with Gasteiger partial charge in [0, 0.05) is 25.2 Å². The van der Waals surface area contributed by atoms with Crippen LogP contribution in [0.2, 0.25) is 5.15 Å². The van der Waals surface area contributed by atoms with Gasteiger partial charge in [0.05, 0.1) is 4.92 Å². The summed E-state index contributed by atoms with van der Waals surface area (Å²) in [6.45, 7) is 6.47. The molecular formula is C15H21ClN4O4. The number of pyridine rings is 1. The van der Waals surface area contributed by atoms with E-state index in [0.717, 1.165) is 19.0 Å². The maximum atomic E-state index is 11.9. The third-order valence-electron chi connectivity index (χ3n) is 3.51. The number of nitro groups is 1. The van der Waals surface area contributed by atoms with Gasteiger partial charge >= 0.3 is 11.8 Å². The third-order valence-corrected chi connectivity index (χ3v) is 3.71. The molecule has 0 aromatic carbocycles. The number of rotatable bonds is 3. The summed E-state index contributed by atoms with van der Waals surface area (Å²) >= 11 is 5.88. The zero-order valence-corrected chi connectivity index (χ0v) is 14.7. The Hall–Kier alpha value is -2.09. The maximum absolute atomic E-state index is 11.9. The van der Waals surface area contributed by atoms with Crippen molar-refractivity contribution in [1.82, 2.24) is 10.3 Å². The number of hydrogen-bond acceptors (Lipinski definition) is 6. The smallest absolute Gasteiger partial charge is 0.407 e. The molecule has 1 fully saturated rings. The number of nitrogens with zero attached hydrogens (tertiary/aromatic N) is 3. The van der Waals surface area contributed by atoms with Crippen molar-refractivity contribution >= 4 is 29.1 Å². The average Bonchev–Trinajstić information content (AvgIpc) is 2.45. The molecule has 0 spiro atoms. The molecule has 132 valence electrons. The molecule has 24 heavy (non-hydrogen) atoms. The zero-order valence-electron chi connectivity index (χ0n) is 13.9. The van der Waals surface area contributed by atoms with Gasteiger partial charge < -0.3 is 15.0 Å². The van der Waals surface area contributed by atoms with Crippen LogP contribution in [0, 0.1) is 10.1 Å². The van der Waals surface area contributed by atoms with E-state index in [-0.39, 0.29) is 16.9 Å². The number of ether oxygens (including phenoxy) is 1. The van der Waals surface area contributed by atoms with Crippen LogP contribution < -0.4 is 10.2 Å². The van der Waals surface area contributed by atoms with Crippen LogP contribution in [0.1, 0.15) is 33.6 Å². The number of anilines is 1. The van der Waals surface area contributed by atoms with E-state index in [1.54, 1.807) is 20.8 Å². The molecule has 1 aliphatic rings. The van der Waals surface area contributed by atoms with Crippen LogP contribution in [-0.4, -0.2) is 40.7 Å². The number of carbonyl (C=O) groups is 1. The molecule has 1 atom stereocenters. The minimum Gasteiger partial charge on any atom is -0.444 e. The van der Waals surface area contributed by atoms with Crippen molar-refractivity contribution < 1.29 is 14.5 Å². The first-order valence-electron chi connectivity index (χ1n) is 7.70. The number of piperidine rings is 1. The molecule has 1 aromatic heterocycles. The van der Waals surface area contributed by atoms with Gasteiger partial charge in [0.1, 0.15) is 22.6 Å². The average molecular weight is 357 g/mol. The van der Waals surface area contributed by atoms with Crippen LogP contribution in [0.25, 0.3) is 0 Å². The summed E-state index contributed by atoms with van der Waals surface area (Å²) in [5.74, 6) is 0. The van der Waals surface area contributed by atoms with E-state index in [1.165, 1.54) is 6.07 Å². The molecule has 1 unspecified atom stereocenters. The monoisotopic (exact) mass is 356 g/mol. The van der Waals surface area contributed by atoms with Crippen LogP contribution >= 0.6 is 11.6 Å². The first-order chi connectivity index (χ1) is 11.2. The molecule has 8 nitrogen and oxygen atoms in total. The number of halogens is 1. The van der Waals surface area contributed by atoms with Crippen molar-refractivity contribution in [2.24, 2.45) is 0 Å². The van der Waals surface area contributed by atoms with Crippen molar-refractivity contribution in [2.45, 2.75) is 45.3 Å². The Balaban J connectivity index is 2.10.